The van der Waals surface area contributed by atoms with E-state index in [1.165, 1.54) is 96.3 Å². The van der Waals surface area contributed by atoms with Crippen molar-refractivity contribution >= 4 is 5.97 Å². The molecule has 0 unspecified atom stereocenters. The van der Waals surface area contributed by atoms with Crippen molar-refractivity contribution in [3.8, 4) is 0 Å². The number of carbonyl (C=O) groups is 1. The van der Waals surface area contributed by atoms with Gasteiger partial charge in [0.1, 0.15) is 0 Å². The van der Waals surface area contributed by atoms with Crippen LogP contribution in [0.2, 0.25) is 0 Å². The Balaban J connectivity index is 3.16. The molecule has 0 rings (SSSR count). The number of hydrogen-bond acceptors (Lipinski definition) is 3. The molecule has 0 heterocycles. The van der Waals surface area contributed by atoms with Crippen molar-refractivity contribution < 1.29 is 14.9 Å². The van der Waals surface area contributed by atoms with E-state index >= 15 is 0 Å². The van der Waals surface area contributed by atoms with E-state index in [1.54, 1.807) is 6.92 Å². The molecule has 0 amide bonds. The molecule has 0 aliphatic rings. The Morgan fingerprint density at radius 1 is 0.720 bits per heavy atom. The van der Waals surface area contributed by atoms with Crippen molar-refractivity contribution in [1.82, 2.24) is 0 Å². The lowest BCUT2D eigenvalue weighted by Crippen LogP contribution is -2.01. The highest BCUT2D eigenvalue weighted by Gasteiger charge is 2.03. The monoisotopic (exact) mass is 354 g/mol. The van der Waals surface area contributed by atoms with Gasteiger partial charge in [-0.3, -0.25) is 4.89 Å². The van der Waals surface area contributed by atoms with E-state index in [-0.39, 0.29) is 0 Å². The molecule has 1 N–H and O–H groups in total. The summed E-state index contributed by atoms with van der Waals surface area (Å²) in [5, 5.41) is 8.26. The van der Waals surface area contributed by atoms with Crippen LogP contribution < -0.4 is 0 Å². The molecule has 0 saturated heterocycles. The summed E-state index contributed by atoms with van der Waals surface area (Å²) in [5.74, 6) is -0.642. The Labute approximate surface area is 156 Å². The molecule has 0 atom stereocenters. The van der Waals surface area contributed by atoms with Crippen LogP contribution in [0.5, 0.6) is 0 Å². The van der Waals surface area contributed by atoms with Crippen LogP contribution in [0.3, 0.4) is 0 Å². The van der Waals surface area contributed by atoms with Gasteiger partial charge in [-0.05, 0) is 19.8 Å². The number of hydrogen-bond donors (Lipinski definition) is 1. The molecule has 0 saturated carbocycles. The summed E-state index contributed by atoms with van der Waals surface area (Å²) >= 11 is 0. The number of unbranched alkanes of at least 4 members (excludes halogenated alkanes) is 16. The van der Waals surface area contributed by atoms with Gasteiger partial charge in [0.05, 0.1) is 0 Å². The fourth-order valence-corrected chi connectivity index (χ4v) is 3.17. The predicted molar refractivity (Wildman–Crippen MR) is 107 cm³/mol. The lowest BCUT2D eigenvalue weighted by Gasteiger charge is -2.03. The third-order valence-electron chi connectivity index (χ3n) is 4.91. The summed E-state index contributed by atoms with van der Waals surface area (Å²) in [5.41, 5.74) is 0.489. The van der Waals surface area contributed by atoms with E-state index in [1.807, 2.05) is 6.08 Å². The lowest BCUT2D eigenvalue weighted by molar-refractivity contribution is -0.229. The van der Waals surface area contributed by atoms with Crippen molar-refractivity contribution in [3.63, 3.8) is 0 Å². The quantitative estimate of drug-likeness (QED) is 0.119. The molecule has 25 heavy (non-hydrogen) atoms. The maximum Gasteiger partial charge on any atom is 0.368 e. The summed E-state index contributed by atoms with van der Waals surface area (Å²) < 4.78 is 0. The Morgan fingerprint density at radius 2 is 1.08 bits per heavy atom. The van der Waals surface area contributed by atoms with Crippen molar-refractivity contribution in [1.29, 1.82) is 0 Å². The molecule has 0 radical (unpaired) electrons. The van der Waals surface area contributed by atoms with Gasteiger partial charge in [0, 0.05) is 5.57 Å². The van der Waals surface area contributed by atoms with Gasteiger partial charge in [-0.15, -0.1) is 0 Å². The average molecular weight is 355 g/mol. The van der Waals surface area contributed by atoms with Gasteiger partial charge >= 0.3 is 5.97 Å². The fraction of sp³-hybridized carbons (Fsp3) is 0.864. The van der Waals surface area contributed by atoms with E-state index in [2.05, 4.69) is 11.8 Å². The van der Waals surface area contributed by atoms with E-state index in [4.69, 9.17) is 5.26 Å². The van der Waals surface area contributed by atoms with Crippen molar-refractivity contribution in [2.45, 2.75) is 123 Å². The van der Waals surface area contributed by atoms with Gasteiger partial charge < -0.3 is 0 Å². The SMILES string of the molecule is CCCCCCCCCCCCCCCCCC/C=C(\C)C(=O)OO. The van der Waals surface area contributed by atoms with Crippen molar-refractivity contribution in [2.24, 2.45) is 0 Å². The minimum absolute atomic E-state index is 0.489. The van der Waals surface area contributed by atoms with Crippen LogP contribution >= 0.6 is 0 Å². The first-order valence-electron chi connectivity index (χ1n) is 10.7. The average Bonchev–Trinajstić information content (AvgIpc) is 2.63. The highest BCUT2D eigenvalue weighted by Crippen LogP contribution is 2.14. The Kier molecular flexibility index (Phi) is 18.8. The van der Waals surface area contributed by atoms with Crippen LogP contribution in [0.25, 0.3) is 0 Å². The number of rotatable bonds is 18. The van der Waals surface area contributed by atoms with Crippen LogP contribution in [0.4, 0.5) is 0 Å². The highest BCUT2D eigenvalue weighted by atomic mass is 17.1. The maximum absolute atomic E-state index is 11.0. The van der Waals surface area contributed by atoms with Gasteiger partial charge in [0.25, 0.3) is 0 Å². The van der Waals surface area contributed by atoms with Crippen LogP contribution in [0, 0.1) is 0 Å². The second-order valence-corrected chi connectivity index (χ2v) is 7.36. The highest BCUT2D eigenvalue weighted by molar-refractivity contribution is 5.87. The second-order valence-electron chi connectivity index (χ2n) is 7.36. The zero-order chi connectivity index (χ0) is 18.6. The van der Waals surface area contributed by atoms with Crippen LogP contribution in [0.15, 0.2) is 11.6 Å². The minimum Gasteiger partial charge on any atom is -0.296 e. The molecule has 0 bridgehead atoms. The smallest absolute Gasteiger partial charge is 0.296 e. The van der Waals surface area contributed by atoms with E-state index in [0.29, 0.717) is 5.57 Å². The number of carbonyl (C=O) groups excluding carboxylic acids is 1. The van der Waals surface area contributed by atoms with Gasteiger partial charge in [0.15, 0.2) is 0 Å². The number of allylic oxidation sites excluding steroid dienone is 1. The van der Waals surface area contributed by atoms with Gasteiger partial charge in [-0.1, -0.05) is 109 Å². The zero-order valence-electron chi connectivity index (χ0n) is 16.9. The first-order valence-corrected chi connectivity index (χ1v) is 10.7. The van der Waals surface area contributed by atoms with Crippen LogP contribution in [-0.4, -0.2) is 11.2 Å². The van der Waals surface area contributed by atoms with E-state index < -0.39 is 5.97 Å². The third-order valence-corrected chi connectivity index (χ3v) is 4.91. The molecule has 3 nitrogen and oxygen atoms in total. The second kappa shape index (κ2) is 19.5. The largest absolute Gasteiger partial charge is 0.368 e. The van der Waals surface area contributed by atoms with E-state index in [9.17, 15) is 4.79 Å². The molecule has 148 valence electrons. The van der Waals surface area contributed by atoms with Crippen LogP contribution in [0.1, 0.15) is 123 Å². The van der Waals surface area contributed by atoms with Crippen LogP contribution in [-0.2, 0) is 9.68 Å². The van der Waals surface area contributed by atoms with Gasteiger partial charge in [-0.2, -0.15) is 5.26 Å². The maximum atomic E-state index is 11.0. The van der Waals surface area contributed by atoms with Gasteiger partial charge in [0.2, 0.25) is 0 Å². The molecule has 0 aromatic rings. The lowest BCUT2D eigenvalue weighted by atomic mass is 10.0. The minimum atomic E-state index is -0.642. The van der Waals surface area contributed by atoms with Crippen molar-refractivity contribution in [3.05, 3.63) is 11.6 Å². The Morgan fingerprint density at radius 3 is 1.44 bits per heavy atom. The molecule has 0 fully saturated rings. The standard InChI is InChI=1S/C22H42O3/c1-3-4-5-6-7-8-9-10-11-12-13-14-15-16-17-18-19-20-21(2)22(23)25-24/h20,24H,3-19H2,1-2H3/b21-20+. The van der Waals surface area contributed by atoms with Crippen molar-refractivity contribution in [2.75, 3.05) is 0 Å². The Bertz CT molecular complexity index is 323. The first-order chi connectivity index (χ1) is 12.2. The Hall–Kier alpha value is -0.830. The first kappa shape index (κ1) is 24.2. The molecule has 0 aromatic heterocycles. The fourth-order valence-electron chi connectivity index (χ4n) is 3.17. The summed E-state index contributed by atoms with van der Waals surface area (Å²) in [6, 6.07) is 0. The molecular formula is C22H42O3. The molecule has 3 heteroatoms. The molecule has 0 spiro atoms. The summed E-state index contributed by atoms with van der Waals surface area (Å²) in [4.78, 5) is 14.7. The predicted octanol–water partition coefficient (Wildman–Crippen LogP) is 7.60. The summed E-state index contributed by atoms with van der Waals surface area (Å²) in [6.07, 6.45) is 24.6. The topological polar surface area (TPSA) is 46.5 Å². The van der Waals surface area contributed by atoms with E-state index in [0.717, 1.165) is 12.8 Å². The summed E-state index contributed by atoms with van der Waals surface area (Å²) in [6.45, 7) is 3.95. The normalized spacial score (nSPS) is 11.7. The zero-order valence-corrected chi connectivity index (χ0v) is 16.9. The third kappa shape index (κ3) is 17.8. The van der Waals surface area contributed by atoms with Gasteiger partial charge in [-0.25, -0.2) is 4.79 Å². The molecular weight excluding hydrogens is 312 g/mol. The molecule has 0 aliphatic carbocycles. The molecule has 0 aliphatic heterocycles. The molecule has 0 aromatic carbocycles. The summed E-state index contributed by atoms with van der Waals surface area (Å²) in [7, 11) is 0.